The summed E-state index contributed by atoms with van der Waals surface area (Å²) in [4.78, 5) is 18.2. The largest absolute Gasteiger partial charge is 0.309 e. The molecule has 0 N–H and O–H groups in total. The van der Waals surface area contributed by atoms with Gasteiger partial charge in [0.1, 0.15) is 0 Å². The van der Waals surface area contributed by atoms with Gasteiger partial charge in [-0.15, -0.1) is 0 Å². The summed E-state index contributed by atoms with van der Waals surface area (Å²) in [6.45, 7) is 0. The normalized spacial score (nSPS) is 10.9. The highest BCUT2D eigenvalue weighted by Gasteiger charge is 2.15. The van der Waals surface area contributed by atoms with E-state index < -0.39 is 0 Å². The second-order valence-electron chi connectivity index (χ2n) is 11.1. The zero-order chi connectivity index (χ0) is 31.7. The van der Waals surface area contributed by atoms with E-state index >= 15 is 0 Å². The number of hydrogen-bond acceptors (Lipinski definition) is 6. The molecule has 47 heavy (non-hydrogen) atoms. The van der Waals surface area contributed by atoms with Crippen molar-refractivity contribution in [1.82, 2.24) is 24.5 Å². The SMILES string of the molecule is N#Cc1ccnc(-c2ccc(-c3ccc4c(c3)c3cc(-c5ccc(-c6cc(C#N)ccn6)nc5)ccc3n4-c3ccccc3)cn2)c1. The highest BCUT2D eigenvalue weighted by Crippen LogP contribution is 2.37. The van der Waals surface area contributed by atoms with Gasteiger partial charge in [-0.05, 0) is 83.9 Å². The zero-order valence-electron chi connectivity index (χ0n) is 24.9. The standard InChI is InChI=1S/C40H23N7/c41-22-26-14-16-43-37(18-26)35-10-6-30(24-45-35)28-8-12-39-33(20-28)34-21-29(9-13-40(34)47(39)32-4-2-1-3-5-32)31-7-11-36(46-25-31)38-19-27(23-42)15-17-44-38/h1-21,24-25H. The summed E-state index contributed by atoms with van der Waals surface area (Å²) in [6, 6.07) is 42.6. The first kappa shape index (κ1) is 27.6. The number of para-hydroxylation sites is 1. The van der Waals surface area contributed by atoms with Crippen LogP contribution in [0, 0.1) is 22.7 Å². The van der Waals surface area contributed by atoms with Crippen LogP contribution in [-0.4, -0.2) is 24.5 Å². The molecule has 8 aromatic rings. The van der Waals surface area contributed by atoms with Crippen LogP contribution in [0.3, 0.4) is 0 Å². The quantitative estimate of drug-likeness (QED) is 0.195. The van der Waals surface area contributed by atoms with Crippen molar-refractivity contribution in [2.24, 2.45) is 0 Å². The van der Waals surface area contributed by atoms with Crippen molar-refractivity contribution in [1.29, 1.82) is 10.5 Å². The first-order valence-electron chi connectivity index (χ1n) is 15.0. The minimum absolute atomic E-state index is 0.551. The van der Waals surface area contributed by atoms with E-state index in [0.29, 0.717) is 33.9 Å². The van der Waals surface area contributed by atoms with Crippen LogP contribution in [0.25, 0.3) is 72.5 Å². The van der Waals surface area contributed by atoms with Crippen LogP contribution in [0.15, 0.2) is 140 Å². The van der Waals surface area contributed by atoms with Crippen LogP contribution in [0.1, 0.15) is 11.1 Å². The number of fused-ring (bicyclic) bond motifs is 3. The molecule has 7 heteroatoms. The molecule has 0 fully saturated rings. The molecule has 0 radical (unpaired) electrons. The van der Waals surface area contributed by atoms with E-state index in [1.807, 2.05) is 42.7 Å². The molecule has 0 aliphatic rings. The molecule has 0 aliphatic heterocycles. The van der Waals surface area contributed by atoms with Gasteiger partial charge in [-0.1, -0.05) is 42.5 Å². The Hall–Kier alpha value is -6.96. The van der Waals surface area contributed by atoms with Crippen molar-refractivity contribution in [3.8, 4) is 62.9 Å². The van der Waals surface area contributed by atoms with Gasteiger partial charge in [-0.3, -0.25) is 19.9 Å². The molecule has 0 aliphatic carbocycles. The van der Waals surface area contributed by atoms with Gasteiger partial charge in [-0.25, -0.2) is 0 Å². The molecule has 218 valence electrons. The van der Waals surface area contributed by atoms with Crippen molar-refractivity contribution >= 4 is 21.8 Å². The molecule has 0 saturated carbocycles. The lowest BCUT2D eigenvalue weighted by molar-refractivity contribution is 1.18. The molecule has 8 rings (SSSR count). The van der Waals surface area contributed by atoms with Gasteiger partial charge in [0.25, 0.3) is 0 Å². The Balaban J connectivity index is 1.22. The number of hydrogen-bond donors (Lipinski definition) is 0. The molecule has 5 aromatic heterocycles. The first-order valence-corrected chi connectivity index (χ1v) is 15.0. The van der Waals surface area contributed by atoms with Crippen molar-refractivity contribution < 1.29 is 0 Å². The second kappa shape index (κ2) is 11.5. The smallest absolute Gasteiger partial charge is 0.0992 e. The summed E-state index contributed by atoms with van der Waals surface area (Å²) in [5.41, 5.74) is 11.2. The second-order valence-corrected chi connectivity index (χ2v) is 11.1. The Labute approximate surface area is 270 Å². The number of pyridine rings is 4. The maximum Gasteiger partial charge on any atom is 0.0992 e. The van der Waals surface area contributed by atoms with E-state index in [2.05, 4.69) is 97.3 Å². The fraction of sp³-hybridized carbons (Fsp3) is 0. The Morgan fingerprint density at radius 1 is 0.447 bits per heavy atom. The van der Waals surface area contributed by atoms with Crippen LogP contribution in [0.2, 0.25) is 0 Å². The number of rotatable bonds is 5. The van der Waals surface area contributed by atoms with Gasteiger partial charge in [0.05, 0.1) is 57.1 Å². The predicted octanol–water partition coefficient (Wildman–Crippen LogP) is 8.78. The van der Waals surface area contributed by atoms with E-state index in [4.69, 9.17) is 0 Å². The van der Waals surface area contributed by atoms with Crippen molar-refractivity contribution in [3.63, 3.8) is 0 Å². The fourth-order valence-electron chi connectivity index (χ4n) is 5.95. The summed E-state index contributed by atoms with van der Waals surface area (Å²) in [5, 5.41) is 20.8. The molecular formula is C40H23N7. The highest BCUT2D eigenvalue weighted by atomic mass is 15.0. The molecule has 0 amide bonds. The predicted molar refractivity (Wildman–Crippen MR) is 183 cm³/mol. The summed E-state index contributed by atoms with van der Waals surface area (Å²) in [7, 11) is 0. The maximum absolute atomic E-state index is 9.28. The number of aromatic nitrogens is 5. The third-order valence-electron chi connectivity index (χ3n) is 8.28. The summed E-state index contributed by atoms with van der Waals surface area (Å²) >= 11 is 0. The lowest BCUT2D eigenvalue weighted by Gasteiger charge is -2.09. The lowest BCUT2D eigenvalue weighted by Crippen LogP contribution is -1.93. The van der Waals surface area contributed by atoms with Crippen molar-refractivity contribution in [2.45, 2.75) is 0 Å². The summed E-state index contributed by atoms with van der Waals surface area (Å²) < 4.78 is 2.29. The third-order valence-corrected chi connectivity index (χ3v) is 8.28. The average molecular weight is 602 g/mol. The van der Waals surface area contributed by atoms with E-state index in [9.17, 15) is 10.5 Å². The number of nitrogens with zero attached hydrogens (tertiary/aromatic N) is 7. The molecule has 3 aromatic carbocycles. The minimum Gasteiger partial charge on any atom is -0.309 e. The number of benzene rings is 3. The lowest BCUT2D eigenvalue weighted by atomic mass is 10.0. The van der Waals surface area contributed by atoms with Gasteiger partial charge in [0.15, 0.2) is 0 Å². The first-order chi connectivity index (χ1) is 23.2. The average Bonchev–Trinajstić information content (AvgIpc) is 3.48. The molecule has 7 nitrogen and oxygen atoms in total. The number of nitriles is 2. The Morgan fingerprint density at radius 2 is 0.936 bits per heavy atom. The van der Waals surface area contributed by atoms with Crippen LogP contribution >= 0.6 is 0 Å². The minimum atomic E-state index is 0.551. The maximum atomic E-state index is 9.28. The van der Waals surface area contributed by atoms with Gasteiger partial charge in [0.2, 0.25) is 0 Å². The van der Waals surface area contributed by atoms with Crippen LogP contribution in [0.5, 0.6) is 0 Å². The van der Waals surface area contributed by atoms with Gasteiger partial charge < -0.3 is 4.57 Å². The van der Waals surface area contributed by atoms with Crippen molar-refractivity contribution in [3.05, 3.63) is 151 Å². The van der Waals surface area contributed by atoms with Crippen LogP contribution < -0.4 is 0 Å². The van der Waals surface area contributed by atoms with E-state index in [1.54, 1.807) is 36.7 Å². The molecule has 0 spiro atoms. The van der Waals surface area contributed by atoms with E-state index in [0.717, 1.165) is 49.7 Å². The van der Waals surface area contributed by atoms with E-state index in [1.165, 1.54) is 0 Å². The molecule has 0 bridgehead atoms. The molecule has 0 unspecified atom stereocenters. The summed E-state index contributed by atoms with van der Waals surface area (Å²) in [5.74, 6) is 0. The van der Waals surface area contributed by atoms with Crippen molar-refractivity contribution in [2.75, 3.05) is 0 Å². The molecule has 5 heterocycles. The highest BCUT2D eigenvalue weighted by molar-refractivity contribution is 6.11. The fourth-order valence-corrected chi connectivity index (χ4v) is 5.95. The zero-order valence-corrected chi connectivity index (χ0v) is 24.9. The Morgan fingerprint density at radius 3 is 1.38 bits per heavy atom. The molecular weight excluding hydrogens is 578 g/mol. The van der Waals surface area contributed by atoms with Gasteiger partial charge >= 0.3 is 0 Å². The van der Waals surface area contributed by atoms with Crippen LogP contribution in [0.4, 0.5) is 0 Å². The molecule has 0 atom stereocenters. The van der Waals surface area contributed by atoms with Gasteiger partial charge in [-0.2, -0.15) is 10.5 Å². The Kier molecular flexibility index (Phi) is 6.76. The molecule has 0 saturated heterocycles. The summed E-state index contributed by atoms with van der Waals surface area (Å²) in [6.07, 6.45) is 6.97. The third kappa shape index (κ3) is 5.04. The topological polar surface area (TPSA) is 104 Å². The monoisotopic (exact) mass is 601 g/mol. The van der Waals surface area contributed by atoms with Gasteiger partial charge in [0, 0.05) is 52.4 Å². The van der Waals surface area contributed by atoms with E-state index in [-0.39, 0.29) is 0 Å². The van der Waals surface area contributed by atoms with Crippen LogP contribution in [-0.2, 0) is 0 Å². The Bertz CT molecular complexity index is 2360.